The number of hydrogen-bond donors (Lipinski definition) is 0. The van der Waals surface area contributed by atoms with Crippen molar-refractivity contribution in [3.8, 4) is 9.88 Å². The van der Waals surface area contributed by atoms with Crippen molar-refractivity contribution in [1.82, 2.24) is 14.8 Å². The molecule has 2 aromatic heterocycles. The van der Waals surface area contributed by atoms with E-state index in [1.807, 2.05) is 16.3 Å². The predicted octanol–water partition coefficient (Wildman–Crippen LogP) is 3.18. The summed E-state index contributed by atoms with van der Waals surface area (Å²) in [4.78, 5) is 23.8. The van der Waals surface area contributed by atoms with E-state index in [1.165, 1.54) is 30.7 Å². The van der Waals surface area contributed by atoms with E-state index in [-0.39, 0.29) is 5.91 Å². The number of aromatic nitrogens is 1. The van der Waals surface area contributed by atoms with Crippen molar-refractivity contribution in [1.29, 1.82) is 0 Å². The highest BCUT2D eigenvalue weighted by Gasteiger charge is 2.31. The molecule has 0 aromatic carbocycles. The normalized spacial score (nSPS) is 22.5. The zero-order chi connectivity index (χ0) is 14.9. The lowest BCUT2D eigenvalue weighted by atomic mass is 10.2. The lowest BCUT2D eigenvalue weighted by molar-refractivity contribution is 0.0748. The van der Waals surface area contributed by atoms with Crippen molar-refractivity contribution in [2.24, 2.45) is 0 Å². The first-order valence-corrected chi connectivity index (χ1v) is 9.54. The maximum absolute atomic E-state index is 12.8. The van der Waals surface area contributed by atoms with Crippen LogP contribution in [0.25, 0.3) is 9.88 Å². The Morgan fingerprint density at radius 3 is 3.05 bits per heavy atom. The molecule has 0 radical (unpaired) electrons. The van der Waals surface area contributed by atoms with Crippen LogP contribution in [0.3, 0.4) is 0 Å². The second kappa shape index (κ2) is 6.10. The molecule has 2 aromatic rings. The molecule has 0 spiro atoms. The van der Waals surface area contributed by atoms with Crippen LogP contribution in [0.5, 0.6) is 0 Å². The highest BCUT2D eigenvalue weighted by Crippen LogP contribution is 2.30. The molecule has 0 aliphatic carbocycles. The predicted molar refractivity (Wildman–Crippen MR) is 90.5 cm³/mol. The largest absolute Gasteiger partial charge is 0.336 e. The van der Waals surface area contributed by atoms with Crippen molar-refractivity contribution in [3.63, 3.8) is 0 Å². The van der Waals surface area contributed by atoms with E-state index in [0.717, 1.165) is 40.8 Å². The minimum Gasteiger partial charge on any atom is -0.336 e. The minimum atomic E-state index is 0.161. The first-order valence-electron chi connectivity index (χ1n) is 7.84. The SMILES string of the molecule is O=C(c1cnc(-c2cccs2)s1)N1CCCN2CCC[C@H]2C1. The molecule has 6 heteroatoms. The number of hydrogen-bond acceptors (Lipinski definition) is 5. The van der Waals surface area contributed by atoms with Gasteiger partial charge in [0.05, 0.1) is 11.1 Å². The Hall–Kier alpha value is -1.24. The summed E-state index contributed by atoms with van der Waals surface area (Å²) < 4.78 is 0. The van der Waals surface area contributed by atoms with Crippen LogP contribution < -0.4 is 0 Å². The fourth-order valence-electron chi connectivity index (χ4n) is 3.43. The molecule has 1 amide bonds. The molecule has 0 bridgehead atoms. The van der Waals surface area contributed by atoms with Gasteiger partial charge in [-0.2, -0.15) is 0 Å². The van der Waals surface area contributed by atoms with Crippen molar-refractivity contribution in [2.45, 2.75) is 25.3 Å². The number of carbonyl (C=O) groups excluding carboxylic acids is 1. The van der Waals surface area contributed by atoms with Crippen molar-refractivity contribution in [3.05, 3.63) is 28.6 Å². The van der Waals surface area contributed by atoms with Gasteiger partial charge in [0.1, 0.15) is 9.88 Å². The fraction of sp³-hybridized carbons (Fsp3) is 0.500. The van der Waals surface area contributed by atoms with Gasteiger partial charge < -0.3 is 4.90 Å². The molecular formula is C16H19N3OS2. The molecule has 0 unspecified atom stereocenters. The summed E-state index contributed by atoms with van der Waals surface area (Å²) in [5, 5.41) is 3.00. The van der Waals surface area contributed by atoms with E-state index in [9.17, 15) is 4.79 Å². The first-order chi connectivity index (χ1) is 10.8. The van der Waals surface area contributed by atoms with E-state index in [1.54, 1.807) is 17.5 Å². The molecule has 1 atom stereocenters. The lowest BCUT2D eigenvalue weighted by Gasteiger charge is -2.25. The Labute approximate surface area is 138 Å². The summed E-state index contributed by atoms with van der Waals surface area (Å²) in [5.74, 6) is 0.161. The van der Waals surface area contributed by atoms with Gasteiger partial charge >= 0.3 is 0 Å². The van der Waals surface area contributed by atoms with Gasteiger partial charge in [-0.05, 0) is 37.3 Å². The molecule has 0 saturated carbocycles. The summed E-state index contributed by atoms with van der Waals surface area (Å²) >= 11 is 3.19. The van der Waals surface area contributed by atoms with E-state index in [4.69, 9.17) is 0 Å². The quantitative estimate of drug-likeness (QED) is 0.847. The minimum absolute atomic E-state index is 0.161. The summed E-state index contributed by atoms with van der Waals surface area (Å²) in [6, 6.07) is 4.64. The van der Waals surface area contributed by atoms with Gasteiger partial charge in [0, 0.05) is 25.7 Å². The van der Waals surface area contributed by atoms with Crippen LogP contribution in [0, 0.1) is 0 Å². The van der Waals surface area contributed by atoms with Crippen molar-refractivity contribution < 1.29 is 4.79 Å². The Kier molecular flexibility index (Phi) is 3.98. The summed E-state index contributed by atoms with van der Waals surface area (Å²) in [7, 11) is 0. The molecular weight excluding hydrogens is 314 g/mol. The van der Waals surface area contributed by atoms with Crippen LogP contribution >= 0.6 is 22.7 Å². The number of rotatable bonds is 2. The molecule has 2 aliphatic heterocycles. The zero-order valence-corrected chi connectivity index (χ0v) is 14.0. The van der Waals surface area contributed by atoms with Crippen molar-refractivity contribution in [2.75, 3.05) is 26.2 Å². The van der Waals surface area contributed by atoms with Gasteiger partial charge in [0.2, 0.25) is 0 Å². The molecule has 0 N–H and O–H groups in total. The van der Waals surface area contributed by atoms with Crippen LogP contribution in [0.4, 0.5) is 0 Å². The third-order valence-corrected chi connectivity index (χ3v) is 6.56. The Morgan fingerprint density at radius 2 is 2.18 bits per heavy atom. The van der Waals surface area contributed by atoms with Gasteiger partial charge in [0.15, 0.2) is 0 Å². The lowest BCUT2D eigenvalue weighted by Crippen LogP contribution is -2.39. The summed E-state index contributed by atoms with van der Waals surface area (Å²) in [6.07, 6.45) is 5.33. The molecule has 2 saturated heterocycles. The maximum atomic E-state index is 12.8. The van der Waals surface area contributed by atoms with E-state index < -0.39 is 0 Å². The number of thiazole rings is 1. The van der Waals surface area contributed by atoms with Crippen LogP contribution in [0.2, 0.25) is 0 Å². The van der Waals surface area contributed by atoms with Crippen LogP contribution in [-0.4, -0.2) is 52.9 Å². The fourth-order valence-corrected chi connectivity index (χ4v) is 5.12. The maximum Gasteiger partial charge on any atom is 0.265 e. The average Bonchev–Trinajstić information content (AvgIpc) is 3.25. The number of fused-ring (bicyclic) bond motifs is 1. The number of thiophene rings is 1. The number of nitrogens with zero attached hydrogens (tertiary/aromatic N) is 3. The molecule has 116 valence electrons. The van der Waals surface area contributed by atoms with Gasteiger partial charge in [-0.3, -0.25) is 9.69 Å². The third-order valence-electron chi connectivity index (χ3n) is 4.54. The average molecular weight is 333 g/mol. The Bertz CT molecular complexity index is 652. The summed E-state index contributed by atoms with van der Waals surface area (Å²) in [6.45, 7) is 4.09. The number of carbonyl (C=O) groups is 1. The Morgan fingerprint density at radius 1 is 1.27 bits per heavy atom. The van der Waals surface area contributed by atoms with E-state index in [0.29, 0.717) is 6.04 Å². The molecule has 4 heterocycles. The molecule has 2 aliphatic rings. The van der Waals surface area contributed by atoms with E-state index in [2.05, 4.69) is 16.0 Å². The smallest absolute Gasteiger partial charge is 0.265 e. The molecule has 2 fully saturated rings. The van der Waals surface area contributed by atoms with E-state index >= 15 is 0 Å². The highest BCUT2D eigenvalue weighted by atomic mass is 32.1. The number of amides is 1. The van der Waals surface area contributed by atoms with Crippen LogP contribution in [0.1, 0.15) is 28.9 Å². The second-order valence-corrected chi connectivity index (χ2v) is 7.92. The monoisotopic (exact) mass is 333 g/mol. The molecule has 4 rings (SSSR count). The molecule has 22 heavy (non-hydrogen) atoms. The van der Waals surface area contributed by atoms with Crippen molar-refractivity contribution >= 4 is 28.6 Å². The van der Waals surface area contributed by atoms with Crippen LogP contribution in [0.15, 0.2) is 23.7 Å². The topological polar surface area (TPSA) is 36.4 Å². The zero-order valence-electron chi connectivity index (χ0n) is 12.4. The van der Waals surface area contributed by atoms with Crippen LogP contribution in [-0.2, 0) is 0 Å². The van der Waals surface area contributed by atoms with Gasteiger partial charge in [-0.25, -0.2) is 4.98 Å². The Balaban J connectivity index is 1.51. The van der Waals surface area contributed by atoms with Gasteiger partial charge in [-0.1, -0.05) is 6.07 Å². The second-order valence-electron chi connectivity index (χ2n) is 5.94. The summed E-state index contributed by atoms with van der Waals surface area (Å²) in [5.41, 5.74) is 0. The molecule has 4 nitrogen and oxygen atoms in total. The standard InChI is InChI=1S/C16H19N3OS2/c20-16(14-10-17-15(22-14)13-5-2-9-21-13)19-8-3-7-18-6-1-4-12(18)11-19/h2,5,9-10,12H,1,3-4,6-8,11H2/t12-/m0/s1. The highest BCUT2D eigenvalue weighted by molar-refractivity contribution is 7.21. The first kappa shape index (κ1) is 14.4. The van der Waals surface area contributed by atoms with Gasteiger partial charge in [-0.15, -0.1) is 22.7 Å². The van der Waals surface area contributed by atoms with Gasteiger partial charge in [0.25, 0.3) is 5.91 Å². The third kappa shape index (κ3) is 2.71.